The van der Waals surface area contributed by atoms with E-state index in [-0.39, 0.29) is 0 Å². The number of nitrogens with one attached hydrogen (secondary N) is 1. The van der Waals surface area contributed by atoms with Crippen LogP contribution in [0.2, 0.25) is 5.15 Å². The fourth-order valence-corrected chi connectivity index (χ4v) is 2.95. The number of aromatic nitrogens is 2. The number of hydrogen-bond donors (Lipinski definition) is 1. The van der Waals surface area contributed by atoms with E-state index in [1.807, 2.05) is 24.3 Å². The predicted molar refractivity (Wildman–Crippen MR) is 84.9 cm³/mol. The summed E-state index contributed by atoms with van der Waals surface area (Å²) in [4.78, 5) is 8.74. The van der Waals surface area contributed by atoms with Gasteiger partial charge in [-0.25, -0.2) is 9.97 Å². The van der Waals surface area contributed by atoms with Crippen LogP contribution < -0.4 is 10.1 Å². The van der Waals surface area contributed by atoms with Crippen LogP contribution >= 0.6 is 11.6 Å². The maximum absolute atomic E-state index is 6.12. The molecule has 0 spiro atoms. The summed E-state index contributed by atoms with van der Waals surface area (Å²) in [6, 6.07) is 7.67. The highest BCUT2D eigenvalue weighted by molar-refractivity contribution is 6.31. The maximum Gasteiger partial charge on any atom is 0.252 e. The molecule has 2 heterocycles. The Hall–Kier alpha value is -1.39. The minimum atomic E-state index is 0.341. The molecule has 1 saturated heterocycles. The Morgan fingerprint density at radius 3 is 2.81 bits per heavy atom. The molecule has 0 unspecified atom stereocenters. The summed E-state index contributed by atoms with van der Waals surface area (Å²) in [5.74, 6) is 1.22. The molecule has 4 nitrogen and oxygen atoms in total. The summed E-state index contributed by atoms with van der Waals surface area (Å²) in [5.41, 5.74) is 1.61. The van der Waals surface area contributed by atoms with Gasteiger partial charge in [0.05, 0.1) is 17.6 Å². The molecule has 21 heavy (non-hydrogen) atoms. The topological polar surface area (TPSA) is 47.0 Å². The van der Waals surface area contributed by atoms with Gasteiger partial charge in [0.2, 0.25) is 0 Å². The molecule has 1 atom stereocenters. The number of hydrogen-bond acceptors (Lipinski definition) is 4. The van der Waals surface area contributed by atoms with Gasteiger partial charge in [-0.3, -0.25) is 0 Å². The fraction of sp³-hybridized carbons (Fsp3) is 0.500. The highest BCUT2D eigenvalue weighted by atomic mass is 35.5. The molecule has 3 rings (SSSR count). The molecule has 1 fully saturated rings. The van der Waals surface area contributed by atoms with Crippen molar-refractivity contribution in [1.82, 2.24) is 15.3 Å². The number of halogens is 1. The Morgan fingerprint density at radius 2 is 2.05 bits per heavy atom. The van der Waals surface area contributed by atoms with Crippen molar-refractivity contribution in [2.45, 2.75) is 25.7 Å². The van der Waals surface area contributed by atoms with Gasteiger partial charge in [0.1, 0.15) is 0 Å². The van der Waals surface area contributed by atoms with E-state index < -0.39 is 0 Å². The first-order valence-corrected chi connectivity index (χ1v) is 7.96. The third-order valence-corrected chi connectivity index (χ3v) is 4.14. The van der Waals surface area contributed by atoms with Crippen molar-refractivity contribution in [2.24, 2.45) is 5.92 Å². The van der Waals surface area contributed by atoms with E-state index in [0.29, 0.717) is 17.6 Å². The van der Waals surface area contributed by atoms with Gasteiger partial charge in [-0.2, -0.15) is 0 Å². The molecular formula is C16H20ClN3O. The Kier molecular flexibility index (Phi) is 4.88. The second kappa shape index (κ2) is 7.05. The number of nitrogens with zero attached hydrogens (tertiary/aromatic N) is 2. The fourth-order valence-electron chi connectivity index (χ4n) is 2.77. The molecule has 112 valence electrons. The molecule has 1 aromatic heterocycles. The van der Waals surface area contributed by atoms with Crippen molar-refractivity contribution < 1.29 is 4.74 Å². The van der Waals surface area contributed by atoms with Gasteiger partial charge in [-0.05, 0) is 56.8 Å². The van der Waals surface area contributed by atoms with Crippen LogP contribution in [0.15, 0.2) is 24.3 Å². The molecular weight excluding hydrogens is 286 g/mol. The van der Waals surface area contributed by atoms with Crippen molar-refractivity contribution in [3.05, 3.63) is 29.4 Å². The monoisotopic (exact) mass is 305 g/mol. The average Bonchev–Trinajstić information content (AvgIpc) is 2.53. The minimum Gasteiger partial charge on any atom is -0.475 e. The van der Waals surface area contributed by atoms with Gasteiger partial charge >= 0.3 is 0 Å². The lowest BCUT2D eigenvalue weighted by molar-refractivity contribution is 0.268. The van der Waals surface area contributed by atoms with Crippen LogP contribution in [-0.4, -0.2) is 29.7 Å². The SMILES string of the molecule is Clc1nc2ccccc2nc1OCCC[C@H]1CCCNC1. The summed E-state index contributed by atoms with van der Waals surface area (Å²) in [7, 11) is 0. The molecule has 1 aromatic carbocycles. The molecule has 0 saturated carbocycles. The van der Waals surface area contributed by atoms with Crippen LogP contribution in [0.3, 0.4) is 0 Å². The van der Waals surface area contributed by atoms with Crippen molar-refractivity contribution in [2.75, 3.05) is 19.7 Å². The van der Waals surface area contributed by atoms with Crippen LogP contribution in [0.4, 0.5) is 0 Å². The van der Waals surface area contributed by atoms with E-state index in [2.05, 4.69) is 15.3 Å². The molecule has 0 radical (unpaired) electrons. The highest BCUT2D eigenvalue weighted by Crippen LogP contribution is 2.23. The van der Waals surface area contributed by atoms with Crippen LogP contribution in [0.5, 0.6) is 5.88 Å². The lowest BCUT2D eigenvalue weighted by atomic mass is 9.95. The number of fused-ring (bicyclic) bond motifs is 1. The van der Waals surface area contributed by atoms with Crippen molar-refractivity contribution in [3.63, 3.8) is 0 Å². The smallest absolute Gasteiger partial charge is 0.252 e. The summed E-state index contributed by atoms with van der Waals surface area (Å²) in [5, 5.41) is 3.78. The molecule has 1 aliphatic heterocycles. The Bertz CT molecular complexity index is 599. The van der Waals surface area contributed by atoms with Gasteiger partial charge in [0.25, 0.3) is 5.88 Å². The van der Waals surface area contributed by atoms with Gasteiger partial charge in [-0.1, -0.05) is 23.7 Å². The van der Waals surface area contributed by atoms with E-state index in [1.54, 1.807) is 0 Å². The third-order valence-electron chi connectivity index (χ3n) is 3.89. The normalized spacial score (nSPS) is 18.8. The Morgan fingerprint density at radius 1 is 1.24 bits per heavy atom. The summed E-state index contributed by atoms with van der Waals surface area (Å²) < 4.78 is 5.71. The van der Waals surface area contributed by atoms with Gasteiger partial charge < -0.3 is 10.1 Å². The number of ether oxygens (including phenoxy) is 1. The zero-order chi connectivity index (χ0) is 14.5. The first kappa shape index (κ1) is 14.5. The van der Waals surface area contributed by atoms with Crippen LogP contribution in [0.1, 0.15) is 25.7 Å². The van der Waals surface area contributed by atoms with E-state index in [9.17, 15) is 0 Å². The van der Waals surface area contributed by atoms with Gasteiger partial charge in [-0.15, -0.1) is 0 Å². The quantitative estimate of drug-likeness (QED) is 0.860. The van der Waals surface area contributed by atoms with E-state index in [1.165, 1.54) is 19.3 Å². The molecule has 0 aliphatic carbocycles. The number of para-hydroxylation sites is 2. The molecule has 5 heteroatoms. The highest BCUT2D eigenvalue weighted by Gasteiger charge is 2.13. The predicted octanol–water partition coefficient (Wildman–Crippen LogP) is 3.44. The first-order valence-electron chi connectivity index (χ1n) is 7.59. The van der Waals surface area contributed by atoms with Crippen molar-refractivity contribution >= 4 is 22.6 Å². The van der Waals surface area contributed by atoms with Gasteiger partial charge in [0, 0.05) is 0 Å². The summed E-state index contributed by atoms with van der Waals surface area (Å²) >= 11 is 6.12. The number of rotatable bonds is 5. The third kappa shape index (κ3) is 3.83. The van der Waals surface area contributed by atoms with Gasteiger partial charge in [0.15, 0.2) is 5.15 Å². The Balaban J connectivity index is 1.53. The molecule has 0 bridgehead atoms. The lowest BCUT2D eigenvalue weighted by Crippen LogP contribution is -2.29. The summed E-state index contributed by atoms with van der Waals surface area (Å²) in [6.07, 6.45) is 4.82. The average molecular weight is 306 g/mol. The van der Waals surface area contributed by atoms with Crippen LogP contribution in [0.25, 0.3) is 11.0 Å². The molecule has 2 aromatic rings. The Labute approximate surface area is 129 Å². The number of benzene rings is 1. The zero-order valence-electron chi connectivity index (χ0n) is 12.0. The van der Waals surface area contributed by atoms with Crippen LogP contribution in [-0.2, 0) is 0 Å². The molecule has 1 aliphatic rings. The van der Waals surface area contributed by atoms with E-state index in [4.69, 9.17) is 16.3 Å². The zero-order valence-corrected chi connectivity index (χ0v) is 12.8. The van der Waals surface area contributed by atoms with Crippen molar-refractivity contribution in [3.8, 4) is 5.88 Å². The van der Waals surface area contributed by atoms with Crippen LogP contribution in [0, 0.1) is 5.92 Å². The summed E-state index contributed by atoms with van der Waals surface area (Å²) in [6.45, 7) is 2.94. The lowest BCUT2D eigenvalue weighted by Gasteiger charge is -2.22. The number of piperidine rings is 1. The second-order valence-corrected chi connectivity index (χ2v) is 5.87. The maximum atomic E-state index is 6.12. The molecule has 0 amide bonds. The van der Waals surface area contributed by atoms with E-state index >= 15 is 0 Å². The van der Waals surface area contributed by atoms with E-state index in [0.717, 1.165) is 36.5 Å². The van der Waals surface area contributed by atoms with Crippen molar-refractivity contribution in [1.29, 1.82) is 0 Å². The largest absolute Gasteiger partial charge is 0.475 e. The first-order chi connectivity index (χ1) is 10.3. The molecule has 1 N–H and O–H groups in total. The minimum absolute atomic E-state index is 0.341. The standard InChI is InChI=1S/C16H20ClN3O/c17-15-16(20-14-8-2-1-7-13(14)19-15)21-10-4-6-12-5-3-9-18-11-12/h1-2,7-8,12,18H,3-6,9-11H2/t12-/m1/s1. The second-order valence-electron chi connectivity index (χ2n) is 5.51.